The molecule has 0 aromatic heterocycles. The summed E-state index contributed by atoms with van der Waals surface area (Å²) in [7, 11) is 0. The van der Waals surface area contributed by atoms with E-state index >= 15 is 0 Å². The summed E-state index contributed by atoms with van der Waals surface area (Å²) in [6, 6.07) is 0.159. The smallest absolute Gasteiger partial charge is 0.149 e. The molecule has 0 rings (SSSR count). The molecule has 27 heavy (non-hydrogen) atoms. The van der Waals surface area contributed by atoms with Crippen LogP contribution in [-0.2, 0) is 4.79 Å². The van der Waals surface area contributed by atoms with Crippen molar-refractivity contribution < 1.29 is 4.79 Å². The van der Waals surface area contributed by atoms with E-state index in [0.29, 0.717) is 5.78 Å². The molecule has 0 fully saturated rings. The van der Waals surface area contributed by atoms with E-state index in [1.807, 2.05) is 0 Å². The first kappa shape index (κ1) is 26.6. The van der Waals surface area contributed by atoms with Crippen LogP contribution in [0.3, 0.4) is 0 Å². The zero-order valence-corrected chi connectivity index (χ0v) is 19.4. The molecule has 1 atom stereocenters. The number of nitrogens with zero attached hydrogens (tertiary/aromatic N) is 1. The van der Waals surface area contributed by atoms with Gasteiger partial charge in [0.05, 0.1) is 6.04 Å². The van der Waals surface area contributed by atoms with Crippen LogP contribution in [0.2, 0.25) is 0 Å². The Morgan fingerprint density at radius 2 is 0.963 bits per heavy atom. The number of hydrogen-bond donors (Lipinski definition) is 0. The predicted octanol–water partition coefficient (Wildman–Crippen LogP) is 7.94. The fraction of sp³-hybridized carbons (Fsp3) is 0.960. The first-order valence-corrected chi connectivity index (χ1v) is 12.5. The summed E-state index contributed by atoms with van der Waals surface area (Å²) in [5.74, 6) is 0.468. The minimum Gasteiger partial charge on any atom is -0.298 e. The van der Waals surface area contributed by atoms with Crippen molar-refractivity contribution in [2.45, 2.75) is 143 Å². The summed E-state index contributed by atoms with van der Waals surface area (Å²) in [6.07, 6.45) is 22.4. The maximum absolute atomic E-state index is 12.4. The van der Waals surface area contributed by atoms with Crippen LogP contribution in [0, 0.1) is 0 Å². The van der Waals surface area contributed by atoms with Crippen molar-refractivity contribution in [3.63, 3.8) is 0 Å². The SMILES string of the molecule is CCCCCCCCCCCCCCCCCC(=O)C(CC)N(CC)CC. The number of unbranched alkanes of at least 4 members (excludes halogenated alkanes) is 14. The van der Waals surface area contributed by atoms with Crippen LogP contribution in [0.1, 0.15) is 137 Å². The zero-order valence-electron chi connectivity index (χ0n) is 19.4. The molecule has 0 bridgehead atoms. The van der Waals surface area contributed by atoms with Crippen LogP contribution in [0.5, 0.6) is 0 Å². The molecule has 162 valence electrons. The highest BCUT2D eigenvalue weighted by molar-refractivity contribution is 5.83. The normalized spacial score (nSPS) is 12.6. The first-order chi connectivity index (χ1) is 13.2. The van der Waals surface area contributed by atoms with E-state index < -0.39 is 0 Å². The van der Waals surface area contributed by atoms with Gasteiger partial charge in [-0.3, -0.25) is 9.69 Å². The standard InChI is InChI=1S/C25H51NO/c1-5-9-10-11-12-13-14-15-16-17-18-19-20-21-22-23-25(27)24(6-2)26(7-3)8-4/h24H,5-23H2,1-4H3. The van der Waals surface area contributed by atoms with Crippen LogP contribution in [-0.4, -0.2) is 29.8 Å². The van der Waals surface area contributed by atoms with Crippen LogP contribution in [0.25, 0.3) is 0 Å². The summed E-state index contributed by atoms with van der Waals surface area (Å²) in [6.45, 7) is 10.7. The highest BCUT2D eigenvalue weighted by Crippen LogP contribution is 2.15. The molecule has 0 saturated carbocycles. The van der Waals surface area contributed by atoms with E-state index in [1.165, 1.54) is 89.9 Å². The van der Waals surface area contributed by atoms with Gasteiger partial charge in [-0.2, -0.15) is 0 Å². The molecular formula is C25H51NO. The second-order valence-corrected chi connectivity index (χ2v) is 8.31. The number of carbonyl (C=O) groups excluding carboxylic acids is 1. The summed E-state index contributed by atoms with van der Waals surface area (Å²) in [5.41, 5.74) is 0. The lowest BCUT2D eigenvalue weighted by molar-refractivity contribution is -0.124. The number of ketones is 1. The van der Waals surface area contributed by atoms with Crippen molar-refractivity contribution in [1.29, 1.82) is 0 Å². The van der Waals surface area contributed by atoms with Gasteiger partial charge in [0.1, 0.15) is 5.78 Å². The van der Waals surface area contributed by atoms with Gasteiger partial charge in [0.2, 0.25) is 0 Å². The van der Waals surface area contributed by atoms with Gasteiger partial charge < -0.3 is 0 Å². The van der Waals surface area contributed by atoms with Gasteiger partial charge in [-0.05, 0) is 25.9 Å². The molecule has 0 spiro atoms. The summed E-state index contributed by atoms with van der Waals surface area (Å²) >= 11 is 0. The van der Waals surface area contributed by atoms with Crippen LogP contribution >= 0.6 is 0 Å². The Labute approximate surface area is 171 Å². The van der Waals surface area contributed by atoms with Crippen molar-refractivity contribution in [3.8, 4) is 0 Å². The van der Waals surface area contributed by atoms with Crippen molar-refractivity contribution in [3.05, 3.63) is 0 Å². The summed E-state index contributed by atoms with van der Waals surface area (Å²) in [4.78, 5) is 14.7. The van der Waals surface area contributed by atoms with Crippen molar-refractivity contribution in [2.24, 2.45) is 0 Å². The molecule has 0 aliphatic heterocycles. The molecule has 2 nitrogen and oxygen atoms in total. The molecule has 0 aromatic carbocycles. The third-order valence-corrected chi connectivity index (χ3v) is 6.04. The maximum Gasteiger partial charge on any atom is 0.149 e. The molecular weight excluding hydrogens is 330 g/mol. The largest absolute Gasteiger partial charge is 0.298 e. The minimum atomic E-state index is 0.159. The predicted molar refractivity (Wildman–Crippen MR) is 122 cm³/mol. The van der Waals surface area contributed by atoms with Crippen LogP contribution in [0.4, 0.5) is 0 Å². The van der Waals surface area contributed by atoms with Gasteiger partial charge >= 0.3 is 0 Å². The lowest BCUT2D eigenvalue weighted by Gasteiger charge is -2.27. The third-order valence-electron chi connectivity index (χ3n) is 6.04. The van der Waals surface area contributed by atoms with Crippen molar-refractivity contribution in [2.75, 3.05) is 13.1 Å². The molecule has 0 heterocycles. The quantitative estimate of drug-likeness (QED) is 0.188. The molecule has 0 saturated heterocycles. The van der Waals surface area contributed by atoms with Gasteiger partial charge in [-0.25, -0.2) is 0 Å². The van der Waals surface area contributed by atoms with E-state index in [0.717, 1.165) is 32.4 Å². The Balaban J connectivity index is 3.41. The highest BCUT2D eigenvalue weighted by atomic mass is 16.1. The minimum absolute atomic E-state index is 0.159. The van der Waals surface area contributed by atoms with Gasteiger partial charge in [0.25, 0.3) is 0 Å². The van der Waals surface area contributed by atoms with E-state index in [1.54, 1.807) is 0 Å². The Morgan fingerprint density at radius 1 is 0.593 bits per heavy atom. The Hall–Kier alpha value is -0.370. The molecule has 2 heteroatoms. The monoisotopic (exact) mass is 381 g/mol. The van der Waals surface area contributed by atoms with Gasteiger partial charge in [0.15, 0.2) is 0 Å². The van der Waals surface area contributed by atoms with Gasteiger partial charge in [0, 0.05) is 6.42 Å². The van der Waals surface area contributed by atoms with E-state index in [9.17, 15) is 4.79 Å². The van der Waals surface area contributed by atoms with E-state index in [-0.39, 0.29) is 6.04 Å². The zero-order chi connectivity index (χ0) is 20.2. The van der Waals surface area contributed by atoms with Crippen LogP contribution < -0.4 is 0 Å². The lowest BCUT2D eigenvalue weighted by atomic mass is 10.0. The second-order valence-electron chi connectivity index (χ2n) is 8.31. The summed E-state index contributed by atoms with van der Waals surface area (Å²) < 4.78 is 0. The number of hydrogen-bond acceptors (Lipinski definition) is 2. The number of rotatable bonds is 21. The molecule has 0 aromatic rings. The first-order valence-electron chi connectivity index (χ1n) is 12.5. The van der Waals surface area contributed by atoms with E-state index in [4.69, 9.17) is 0 Å². The van der Waals surface area contributed by atoms with Gasteiger partial charge in [-0.15, -0.1) is 0 Å². The highest BCUT2D eigenvalue weighted by Gasteiger charge is 2.20. The average molecular weight is 382 g/mol. The van der Waals surface area contributed by atoms with Gasteiger partial charge in [-0.1, -0.05) is 118 Å². The van der Waals surface area contributed by atoms with Crippen LogP contribution in [0.15, 0.2) is 0 Å². The Morgan fingerprint density at radius 3 is 1.30 bits per heavy atom. The molecule has 0 radical (unpaired) electrons. The molecule has 1 unspecified atom stereocenters. The summed E-state index contributed by atoms with van der Waals surface area (Å²) in [5, 5.41) is 0. The van der Waals surface area contributed by atoms with E-state index in [2.05, 4.69) is 32.6 Å². The Bertz CT molecular complexity index is 311. The average Bonchev–Trinajstić information content (AvgIpc) is 2.68. The van der Waals surface area contributed by atoms with Crippen molar-refractivity contribution >= 4 is 5.78 Å². The number of likely N-dealkylation sites (N-methyl/N-ethyl adjacent to an activating group) is 1. The van der Waals surface area contributed by atoms with Crippen molar-refractivity contribution in [1.82, 2.24) is 4.90 Å². The molecule has 0 N–H and O–H groups in total. The fourth-order valence-corrected chi connectivity index (χ4v) is 4.19. The number of Topliss-reactive ketones (excluding diaryl/α,β-unsaturated/α-hetero) is 1. The number of carbonyl (C=O) groups is 1. The Kier molecular flexibility index (Phi) is 20.1. The third kappa shape index (κ3) is 15.3. The molecule has 0 amide bonds. The molecule has 0 aliphatic carbocycles. The second kappa shape index (κ2) is 20.4. The maximum atomic E-state index is 12.4. The lowest BCUT2D eigenvalue weighted by Crippen LogP contribution is -2.40. The fourth-order valence-electron chi connectivity index (χ4n) is 4.19. The topological polar surface area (TPSA) is 20.3 Å². The molecule has 0 aliphatic rings.